The summed E-state index contributed by atoms with van der Waals surface area (Å²) in [6.45, 7) is 3.38. The van der Waals surface area contributed by atoms with Gasteiger partial charge in [-0.15, -0.1) is 11.3 Å². The summed E-state index contributed by atoms with van der Waals surface area (Å²) < 4.78 is 27.9. The van der Waals surface area contributed by atoms with Crippen LogP contribution in [0.2, 0.25) is 0 Å². The predicted molar refractivity (Wildman–Crippen MR) is 125 cm³/mol. The van der Waals surface area contributed by atoms with Crippen LogP contribution in [0, 0.1) is 5.92 Å². The van der Waals surface area contributed by atoms with Gasteiger partial charge in [0.05, 0.1) is 11.3 Å². The molecular weight excluding hydrogens is 450 g/mol. The van der Waals surface area contributed by atoms with Gasteiger partial charge in [-0.1, -0.05) is 30.3 Å². The highest BCUT2D eigenvalue weighted by molar-refractivity contribution is 7.89. The maximum absolute atomic E-state index is 13.7. The van der Waals surface area contributed by atoms with Crippen LogP contribution in [-0.2, 0) is 26.0 Å². The first-order valence-electron chi connectivity index (χ1n) is 10.3. The second kappa shape index (κ2) is 10.1. The summed E-state index contributed by atoms with van der Waals surface area (Å²) in [6.07, 6.45) is 0.175. The number of piperazine rings is 1. The number of carbonyl (C=O) groups excluding carboxylic acids is 2. The first-order chi connectivity index (χ1) is 15.1. The molecule has 2 heterocycles. The van der Waals surface area contributed by atoms with Gasteiger partial charge < -0.3 is 16.0 Å². The molecule has 32 heavy (non-hydrogen) atoms. The van der Waals surface area contributed by atoms with Crippen LogP contribution in [0.3, 0.4) is 0 Å². The fourth-order valence-electron chi connectivity index (χ4n) is 3.74. The Morgan fingerprint density at radius 3 is 2.44 bits per heavy atom. The first kappa shape index (κ1) is 24.3. The fraction of sp³-hybridized carbons (Fsp3) is 0.476. The van der Waals surface area contributed by atoms with Crippen molar-refractivity contribution >= 4 is 38.9 Å². The molecule has 174 valence electrons. The maximum atomic E-state index is 13.7. The number of sulfonamides is 1. The molecule has 1 amide bonds. The number of Topliss-reactive ketones (excluding diaryl/α,β-unsaturated/α-hetero) is 1. The molecule has 1 saturated heterocycles. The molecule has 9 nitrogen and oxygen atoms in total. The molecule has 1 aromatic carbocycles. The number of primary amides is 1. The summed E-state index contributed by atoms with van der Waals surface area (Å²) in [5, 5.41) is 4.49. The third-order valence-corrected chi connectivity index (χ3v) is 8.32. The van der Waals surface area contributed by atoms with Crippen LogP contribution >= 0.6 is 11.3 Å². The normalized spacial score (nSPS) is 18.6. The minimum absolute atomic E-state index is 0.175. The van der Waals surface area contributed by atoms with Gasteiger partial charge >= 0.3 is 0 Å². The zero-order chi connectivity index (χ0) is 23.4. The highest BCUT2D eigenvalue weighted by atomic mass is 32.2. The molecule has 0 spiro atoms. The van der Waals surface area contributed by atoms with E-state index < -0.39 is 38.9 Å². The van der Waals surface area contributed by atoms with E-state index in [9.17, 15) is 18.0 Å². The number of carbonyl (C=O) groups is 2. The standard InChI is InChI=1S/C21H29N5O4S2/c1-21(20(22)28,24-18-13-31-15-23-18)19(27)17(12-16-6-4-3-5-7-16)14-32(29,30)26-10-8-25(2)9-11-26/h3-7,13,15,17,24H,8-12,14H2,1-2H3,(H2,22,28). The number of aromatic nitrogens is 1. The van der Waals surface area contributed by atoms with E-state index in [1.807, 2.05) is 37.4 Å². The number of nitrogens with two attached hydrogens (primary N) is 1. The molecule has 0 aliphatic carbocycles. The highest BCUT2D eigenvalue weighted by Crippen LogP contribution is 2.24. The zero-order valence-corrected chi connectivity index (χ0v) is 19.9. The number of nitrogens with zero attached hydrogens (tertiary/aromatic N) is 3. The van der Waals surface area contributed by atoms with Gasteiger partial charge in [-0.05, 0) is 26.0 Å². The third kappa shape index (κ3) is 5.71. The van der Waals surface area contributed by atoms with Crippen LogP contribution in [-0.4, -0.2) is 78.8 Å². The lowest BCUT2D eigenvalue weighted by molar-refractivity contribution is -0.134. The summed E-state index contributed by atoms with van der Waals surface area (Å²) >= 11 is 1.30. The summed E-state index contributed by atoms with van der Waals surface area (Å²) in [5.41, 5.74) is 6.20. The minimum Gasteiger partial charge on any atom is -0.367 e. The smallest absolute Gasteiger partial charge is 0.250 e. The summed E-state index contributed by atoms with van der Waals surface area (Å²) in [6, 6.07) is 9.16. The summed E-state index contributed by atoms with van der Waals surface area (Å²) in [4.78, 5) is 32.2. The Bertz CT molecular complexity index is 1020. The third-order valence-electron chi connectivity index (χ3n) is 5.76. The van der Waals surface area contributed by atoms with E-state index in [1.54, 1.807) is 10.9 Å². The van der Waals surface area contributed by atoms with E-state index in [2.05, 4.69) is 15.2 Å². The van der Waals surface area contributed by atoms with Crippen LogP contribution in [0.4, 0.5) is 5.82 Å². The molecule has 2 aromatic rings. The van der Waals surface area contributed by atoms with Gasteiger partial charge in [-0.2, -0.15) is 4.31 Å². The van der Waals surface area contributed by atoms with Crippen LogP contribution < -0.4 is 11.1 Å². The van der Waals surface area contributed by atoms with E-state index in [0.717, 1.165) is 5.56 Å². The lowest BCUT2D eigenvalue weighted by atomic mass is 9.84. The lowest BCUT2D eigenvalue weighted by Gasteiger charge is -2.34. The van der Waals surface area contributed by atoms with Gasteiger partial charge in [-0.25, -0.2) is 13.4 Å². The average Bonchev–Trinajstić information content (AvgIpc) is 3.26. The zero-order valence-electron chi connectivity index (χ0n) is 18.2. The molecule has 3 rings (SSSR count). The molecule has 0 radical (unpaired) electrons. The average molecular weight is 480 g/mol. The molecule has 1 fully saturated rings. The SMILES string of the molecule is CN1CCN(S(=O)(=O)CC(Cc2ccccc2)C(=O)C(C)(Nc2cscn2)C(N)=O)CC1. The fourth-order valence-corrected chi connectivity index (χ4v) is 5.93. The Morgan fingerprint density at radius 1 is 1.22 bits per heavy atom. The largest absolute Gasteiger partial charge is 0.367 e. The minimum atomic E-state index is -3.73. The Balaban J connectivity index is 1.90. The number of likely N-dealkylation sites (N-methyl/N-ethyl adjacent to an activating group) is 1. The van der Waals surface area contributed by atoms with Crippen LogP contribution in [0.1, 0.15) is 12.5 Å². The molecule has 1 aromatic heterocycles. The van der Waals surface area contributed by atoms with Gasteiger partial charge in [-0.3, -0.25) is 9.59 Å². The Labute approximate surface area is 192 Å². The molecule has 2 unspecified atom stereocenters. The summed E-state index contributed by atoms with van der Waals surface area (Å²) in [5.74, 6) is -2.48. The first-order valence-corrected chi connectivity index (χ1v) is 12.9. The Morgan fingerprint density at radius 2 is 1.88 bits per heavy atom. The van der Waals surface area contributed by atoms with Crippen molar-refractivity contribution in [1.29, 1.82) is 0 Å². The van der Waals surface area contributed by atoms with E-state index in [1.165, 1.54) is 22.6 Å². The molecule has 0 saturated carbocycles. The lowest BCUT2D eigenvalue weighted by Crippen LogP contribution is -2.58. The van der Waals surface area contributed by atoms with Crippen LogP contribution in [0.5, 0.6) is 0 Å². The number of hydrogen-bond acceptors (Lipinski definition) is 8. The van der Waals surface area contributed by atoms with E-state index in [4.69, 9.17) is 5.73 Å². The van der Waals surface area contributed by atoms with Gasteiger partial charge in [0.1, 0.15) is 5.82 Å². The highest BCUT2D eigenvalue weighted by Gasteiger charge is 2.45. The number of anilines is 1. The van der Waals surface area contributed by atoms with E-state index >= 15 is 0 Å². The topological polar surface area (TPSA) is 126 Å². The molecule has 3 N–H and O–H groups in total. The van der Waals surface area contributed by atoms with Crippen molar-refractivity contribution < 1.29 is 18.0 Å². The molecule has 0 bridgehead atoms. The number of benzene rings is 1. The van der Waals surface area contributed by atoms with Crippen molar-refractivity contribution in [1.82, 2.24) is 14.2 Å². The number of amides is 1. The molecule has 1 aliphatic heterocycles. The van der Waals surface area contributed by atoms with Gasteiger partial charge in [0.15, 0.2) is 11.3 Å². The number of ketones is 1. The number of thiazole rings is 1. The second-order valence-corrected chi connectivity index (χ2v) is 11.0. The van der Waals surface area contributed by atoms with Crippen LogP contribution in [0.15, 0.2) is 41.2 Å². The number of nitrogens with one attached hydrogen (secondary N) is 1. The van der Waals surface area contributed by atoms with Gasteiger partial charge in [0, 0.05) is 37.5 Å². The van der Waals surface area contributed by atoms with E-state index in [0.29, 0.717) is 32.0 Å². The van der Waals surface area contributed by atoms with Crippen molar-refractivity contribution in [3.63, 3.8) is 0 Å². The predicted octanol–water partition coefficient (Wildman–Crippen LogP) is 0.804. The maximum Gasteiger partial charge on any atom is 0.250 e. The van der Waals surface area contributed by atoms with Crippen molar-refractivity contribution in [3.8, 4) is 0 Å². The van der Waals surface area contributed by atoms with Crippen molar-refractivity contribution in [2.75, 3.05) is 44.3 Å². The Hall–Kier alpha value is -2.34. The molecular formula is C21H29N5O4S2. The molecule has 1 aliphatic rings. The van der Waals surface area contributed by atoms with Crippen LogP contribution in [0.25, 0.3) is 0 Å². The van der Waals surface area contributed by atoms with Gasteiger partial charge in [0.25, 0.3) is 5.91 Å². The summed E-state index contributed by atoms with van der Waals surface area (Å²) in [7, 11) is -1.79. The second-order valence-electron chi connectivity index (χ2n) is 8.22. The van der Waals surface area contributed by atoms with Crippen molar-refractivity contribution in [2.24, 2.45) is 11.7 Å². The number of hydrogen-bond donors (Lipinski definition) is 2. The Kier molecular flexibility index (Phi) is 7.65. The molecule has 2 atom stereocenters. The molecule has 11 heteroatoms. The number of rotatable bonds is 10. The van der Waals surface area contributed by atoms with Gasteiger partial charge in [0.2, 0.25) is 10.0 Å². The van der Waals surface area contributed by atoms with E-state index in [-0.39, 0.29) is 6.42 Å². The monoisotopic (exact) mass is 479 g/mol. The van der Waals surface area contributed by atoms with Crippen molar-refractivity contribution in [3.05, 3.63) is 46.8 Å². The quantitative estimate of drug-likeness (QED) is 0.483. The van der Waals surface area contributed by atoms with Crippen molar-refractivity contribution in [2.45, 2.75) is 18.9 Å².